The highest BCUT2D eigenvalue weighted by Crippen LogP contribution is 2.23. The van der Waals surface area contributed by atoms with Crippen LogP contribution in [0, 0.1) is 18.8 Å². The zero-order valence-corrected chi connectivity index (χ0v) is 12.2. The van der Waals surface area contributed by atoms with Gasteiger partial charge in [0.15, 0.2) is 5.78 Å². The van der Waals surface area contributed by atoms with Crippen molar-refractivity contribution in [1.29, 1.82) is 0 Å². The number of carbonyl (C=O) groups is 1. The minimum atomic E-state index is -0.0777. The lowest BCUT2D eigenvalue weighted by atomic mass is 9.85. The van der Waals surface area contributed by atoms with E-state index in [2.05, 4.69) is 33.8 Å². The van der Waals surface area contributed by atoms with Crippen LogP contribution in [0.4, 0.5) is 0 Å². The molecule has 0 aliphatic rings. The van der Waals surface area contributed by atoms with Crippen LogP contribution >= 0.6 is 0 Å². The second kappa shape index (κ2) is 6.14. The Bertz CT molecular complexity index is 421. The lowest BCUT2D eigenvalue weighted by Gasteiger charge is -2.19. The molecule has 0 saturated heterocycles. The minimum Gasteiger partial charge on any atom is -0.330 e. The first-order chi connectivity index (χ1) is 8.38. The van der Waals surface area contributed by atoms with Crippen LogP contribution in [0.5, 0.6) is 0 Å². The van der Waals surface area contributed by atoms with Gasteiger partial charge in [-0.15, -0.1) is 0 Å². The second-order valence-electron chi connectivity index (χ2n) is 5.68. The van der Waals surface area contributed by atoms with Crippen molar-refractivity contribution >= 4 is 5.78 Å². The molecule has 0 aromatic heterocycles. The van der Waals surface area contributed by atoms with Crippen LogP contribution in [0.3, 0.4) is 0 Å². The maximum absolute atomic E-state index is 12.5. The van der Waals surface area contributed by atoms with Gasteiger partial charge in [-0.05, 0) is 36.0 Å². The molecule has 2 heteroatoms. The van der Waals surface area contributed by atoms with Crippen LogP contribution in [0.25, 0.3) is 0 Å². The Morgan fingerprint density at radius 1 is 1.22 bits per heavy atom. The van der Waals surface area contributed by atoms with Gasteiger partial charge in [-0.25, -0.2) is 0 Å². The molecule has 0 aliphatic carbocycles. The molecule has 1 aromatic rings. The molecule has 100 valence electrons. The zero-order valence-electron chi connectivity index (χ0n) is 12.2. The maximum Gasteiger partial charge on any atom is 0.167 e. The first-order valence-electron chi connectivity index (χ1n) is 6.73. The number of carbonyl (C=O) groups excluding carboxylic acids is 1. The molecule has 0 spiro atoms. The van der Waals surface area contributed by atoms with Gasteiger partial charge in [-0.2, -0.15) is 0 Å². The molecule has 0 radical (unpaired) electrons. The van der Waals surface area contributed by atoms with Crippen molar-refractivity contribution < 1.29 is 4.79 Å². The molecule has 1 aromatic carbocycles. The number of aryl methyl sites for hydroxylation is 1. The van der Waals surface area contributed by atoms with E-state index in [1.165, 1.54) is 5.56 Å². The van der Waals surface area contributed by atoms with Gasteiger partial charge < -0.3 is 5.73 Å². The SMILES string of the molecule is Cc1ccc(C(C)C)cc1C(=O)C(CN)C(C)C. The first kappa shape index (κ1) is 14.9. The molecule has 1 atom stereocenters. The van der Waals surface area contributed by atoms with E-state index in [0.29, 0.717) is 12.5 Å². The van der Waals surface area contributed by atoms with Crippen LogP contribution in [0.2, 0.25) is 0 Å². The number of rotatable bonds is 5. The van der Waals surface area contributed by atoms with Crippen molar-refractivity contribution in [3.05, 3.63) is 34.9 Å². The molecular formula is C16H25NO. The second-order valence-corrected chi connectivity index (χ2v) is 5.68. The van der Waals surface area contributed by atoms with Crippen molar-refractivity contribution in [2.24, 2.45) is 17.6 Å². The highest BCUT2D eigenvalue weighted by Gasteiger charge is 2.23. The molecular weight excluding hydrogens is 222 g/mol. The van der Waals surface area contributed by atoms with Crippen molar-refractivity contribution in [3.63, 3.8) is 0 Å². The molecule has 0 heterocycles. The van der Waals surface area contributed by atoms with Crippen LogP contribution in [0.1, 0.15) is 55.1 Å². The summed E-state index contributed by atoms with van der Waals surface area (Å²) < 4.78 is 0. The van der Waals surface area contributed by atoms with Crippen molar-refractivity contribution in [2.75, 3.05) is 6.54 Å². The van der Waals surface area contributed by atoms with E-state index in [-0.39, 0.29) is 17.6 Å². The fourth-order valence-corrected chi connectivity index (χ4v) is 2.15. The first-order valence-corrected chi connectivity index (χ1v) is 6.73. The van der Waals surface area contributed by atoms with Gasteiger partial charge in [0.25, 0.3) is 0 Å². The summed E-state index contributed by atoms with van der Waals surface area (Å²) in [5.74, 6) is 0.829. The molecule has 0 amide bonds. The summed E-state index contributed by atoms with van der Waals surface area (Å²) in [6.45, 7) is 10.8. The number of Topliss-reactive ketones (excluding diaryl/α,β-unsaturated/α-hetero) is 1. The third-order valence-corrected chi connectivity index (χ3v) is 3.59. The van der Waals surface area contributed by atoms with Gasteiger partial charge >= 0.3 is 0 Å². The fraction of sp³-hybridized carbons (Fsp3) is 0.562. The van der Waals surface area contributed by atoms with E-state index in [4.69, 9.17) is 5.73 Å². The topological polar surface area (TPSA) is 43.1 Å². The Morgan fingerprint density at radius 2 is 1.83 bits per heavy atom. The number of benzene rings is 1. The van der Waals surface area contributed by atoms with Gasteiger partial charge in [0.1, 0.15) is 0 Å². The van der Waals surface area contributed by atoms with E-state index >= 15 is 0 Å². The summed E-state index contributed by atoms with van der Waals surface area (Å²) in [7, 11) is 0. The average molecular weight is 247 g/mol. The van der Waals surface area contributed by atoms with Crippen LogP contribution in [-0.4, -0.2) is 12.3 Å². The zero-order chi connectivity index (χ0) is 13.9. The summed E-state index contributed by atoms with van der Waals surface area (Å²) in [6.07, 6.45) is 0. The van der Waals surface area contributed by atoms with E-state index in [1.807, 2.05) is 19.1 Å². The van der Waals surface area contributed by atoms with E-state index in [9.17, 15) is 4.79 Å². The molecule has 0 saturated carbocycles. The molecule has 0 bridgehead atoms. The minimum absolute atomic E-state index is 0.0777. The maximum atomic E-state index is 12.5. The average Bonchev–Trinajstić information content (AvgIpc) is 2.29. The van der Waals surface area contributed by atoms with Crippen LogP contribution in [-0.2, 0) is 0 Å². The Kier molecular flexibility index (Phi) is 5.09. The molecule has 18 heavy (non-hydrogen) atoms. The quantitative estimate of drug-likeness (QED) is 0.809. The molecule has 1 rings (SSSR count). The van der Waals surface area contributed by atoms with Crippen molar-refractivity contribution in [1.82, 2.24) is 0 Å². The molecule has 0 aliphatic heterocycles. The Labute approximate surface area is 111 Å². The van der Waals surface area contributed by atoms with Gasteiger partial charge in [-0.1, -0.05) is 39.8 Å². The van der Waals surface area contributed by atoms with Crippen molar-refractivity contribution in [2.45, 2.75) is 40.5 Å². The number of ketones is 1. The van der Waals surface area contributed by atoms with Crippen LogP contribution in [0.15, 0.2) is 18.2 Å². The van der Waals surface area contributed by atoms with Crippen LogP contribution < -0.4 is 5.73 Å². The fourth-order valence-electron chi connectivity index (χ4n) is 2.15. The lowest BCUT2D eigenvalue weighted by Crippen LogP contribution is -2.29. The summed E-state index contributed by atoms with van der Waals surface area (Å²) in [5.41, 5.74) is 8.83. The van der Waals surface area contributed by atoms with Gasteiger partial charge in [0.2, 0.25) is 0 Å². The van der Waals surface area contributed by atoms with Gasteiger partial charge in [-0.3, -0.25) is 4.79 Å². The predicted molar refractivity (Wildman–Crippen MR) is 77.0 cm³/mol. The number of hydrogen-bond donors (Lipinski definition) is 1. The largest absolute Gasteiger partial charge is 0.330 e. The van der Waals surface area contributed by atoms with E-state index in [1.54, 1.807) is 0 Å². The van der Waals surface area contributed by atoms with Gasteiger partial charge in [0, 0.05) is 18.0 Å². The summed E-state index contributed by atoms with van der Waals surface area (Å²) in [6, 6.07) is 6.17. The Morgan fingerprint density at radius 3 is 2.28 bits per heavy atom. The summed E-state index contributed by atoms with van der Waals surface area (Å²) >= 11 is 0. The van der Waals surface area contributed by atoms with Gasteiger partial charge in [0.05, 0.1) is 0 Å². The van der Waals surface area contributed by atoms with E-state index < -0.39 is 0 Å². The summed E-state index contributed by atoms with van der Waals surface area (Å²) in [4.78, 5) is 12.5. The molecule has 2 nitrogen and oxygen atoms in total. The predicted octanol–water partition coefficient (Wildman–Crippen LogP) is 3.53. The molecule has 1 unspecified atom stereocenters. The Hall–Kier alpha value is -1.15. The van der Waals surface area contributed by atoms with E-state index in [0.717, 1.165) is 11.1 Å². The highest BCUT2D eigenvalue weighted by molar-refractivity contribution is 5.99. The molecule has 2 N–H and O–H groups in total. The molecule has 0 fully saturated rings. The Balaban J connectivity index is 3.15. The highest BCUT2D eigenvalue weighted by atomic mass is 16.1. The third kappa shape index (κ3) is 3.20. The lowest BCUT2D eigenvalue weighted by molar-refractivity contribution is 0.0891. The summed E-state index contributed by atoms with van der Waals surface area (Å²) in [5, 5.41) is 0. The smallest absolute Gasteiger partial charge is 0.167 e. The third-order valence-electron chi connectivity index (χ3n) is 3.59. The number of hydrogen-bond acceptors (Lipinski definition) is 2. The number of nitrogens with two attached hydrogens (primary N) is 1. The van der Waals surface area contributed by atoms with Crippen molar-refractivity contribution in [3.8, 4) is 0 Å². The normalized spacial score (nSPS) is 13.1. The monoisotopic (exact) mass is 247 g/mol. The standard InChI is InChI=1S/C16H25NO/c1-10(2)13-7-6-12(5)14(8-13)16(18)15(9-17)11(3)4/h6-8,10-11,15H,9,17H2,1-5H3.